The van der Waals surface area contributed by atoms with E-state index in [0.29, 0.717) is 0 Å². The van der Waals surface area contributed by atoms with E-state index >= 15 is 0 Å². The largest absolute Gasteiger partial charge is 0.239 e. The van der Waals surface area contributed by atoms with Crippen LogP contribution in [0.25, 0.3) is 5.52 Å². The van der Waals surface area contributed by atoms with Crippen LogP contribution in [0.3, 0.4) is 0 Å². The minimum atomic E-state index is 0.894. The highest BCUT2D eigenvalue weighted by molar-refractivity contribution is 5.48. The second kappa shape index (κ2) is 2.02. The van der Waals surface area contributed by atoms with Crippen LogP contribution in [0, 0.1) is 13.8 Å². The van der Waals surface area contributed by atoms with Crippen LogP contribution < -0.4 is 0 Å². The highest BCUT2D eigenvalue weighted by Gasteiger charge is 2.01. The standard InChI is InChI=1S/C7H8N4/c1-5-7-3-8-6(2)11(7)10-4-9-5/h3-4H,1-2H3. The fourth-order valence-electron chi connectivity index (χ4n) is 1.06. The number of fused-ring (bicyclic) bond motifs is 1. The van der Waals surface area contributed by atoms with Gasteiger partial charge in [-0.2, -0.15) is 5.10 Å². The van der Waals surface area contributed by atoms with E-state index in [0.717, 1.165) is 17.0 Å². The topological polar surface area (TPSA) is 43.1 Å². The molecule has 11 heavy (non-hydrogen) atoms. The average molecular weight is 148 g/mol. The van der Waals surface area contributed by atoms with Crippen molar-refractivity contribution in [1.82, 2.24) is 19.6 Å². The molecule has 0 aromatic carbocycles. The summed E-state index contributed by atoms with van der Waals surface area (Å²) in [5.74, 6) is 0.894. The Morgan fingerprint density at radius 3 is 2.82 bits per heavy atom. The van der Waals surface area contributed by atoms with Crippen molar-refractivity contribution in [3.05, 3.63) is 24.0 Å². The number of rotatable bonds is 0. The molecule has 0 bridgehead atoms. The number of hydrogen-bond acceptors (Lipinski definition) is 3. The molecule has 0 saturated carbocycles. The zero-order valence-corrected chi connectivity index (χ0v) is 6.44. The summed E-state index contributed by atoms with van der Waals surface area (Å²) in [5.41, 5.74) is 1.94. The lowest BCUT2D eigenvalue weighted by Crippen LogP contribution is -1.96. The first kappa shape index (κ1) is 6.27. The molecule has 0 aliphatic heterocycles. The van der Waals surface area contributed by atoms with E-state index in [-0.39, 0.29) is 0 Å². The SMILES string of the molecule is Cc1ncnn2c(C)ncc12. The first-order valence-corrected chi connectivity index (χ1v) is 3.41. The van der Waals surface area contributed by atoms with Crippen molar-refractivity contribution in [2.75, 3.05) is 0 Å². The van der Waals surface area contributed by atoms with Crippen LogP contribution in [0.2, 0.25) is 0 Å². The number of aryl methyl sites for hydroxylation is 2. The Hall–Kier alpha value is -1.45. The van der Waals surface area contributed by atoms with Gasteiger partial charge in [0.05, 0.1) is 11.9 Å². The summed E-state index contributed by atoms with van der Waals surface area (Å²) in [7, 11) is 0. The van der Waals surface area contributed by atoms with Gasteiger partial charge in [-0.3, -0.25) is 0 Å². The van der Waals surface area contributed by atoms with Crippen LogP contribution in [0.5, 0.6) is 0 Å². The Bertz CT molecular complexity index is 390. The molecule has 4 heteroatoms. The Kier molecular flexibility index (Phi) is 1.15. The van der Waals surface area contributed by atoms with E-state index < -0.39 is 0 Å². The summed E-state index contributed by atoms with van der Waals surface area (Å²) in [5, 5.41) is 4.04. The third kappa shape index (κ3) is 0.790. The second-order valence-corrected chi connectivity index (χ2v) is 2.45. The molecule has 0 spiro atoms. The van der Waals surface area contributed by atoms with Crippen LogP contribution in [0.4, 0.5) is 0 Å². The fourth-order valence-corrected chi connectivity index (χ4v) is 1.06. The lowest BCUT2D eigenvalue weighted by Gasteiger charge is -1.94. The first-order valence-electron chi connectivity index (χ1n) is 3.41. The van der Waals surface area contributed by atoms with Gasteiger partial charge in [0.15, 0.2) is 0 Å². The molecular formula is C7H8N4. The molecule has 0 radical (unpaired) electrons. The van der Waals surface area contributed by atoms with Crippen LogP contribution in [0.1, 0.15) is 11.5 Å². The van der Waals surface area contributed by atoms with Crippen LogP contribution in [-0.4, -0.2) is 19.6 Å². The predicted molar refractivity (Wildman–Crippen MR) is 40.3 cm³/mol. The van der Waals surface area contributed by atoms with Crippen molar-refractivity contribution >= 4 is 5.52 Å². The molecule has 0 N–H and O–H groups in total. The molecule has 0 unspecified atom stereocenters. The summed E-state index contributed by atoms with van der Waals surface area (Å²) in [6.07, 6.45) is 3.32. The molecule has 56 valence electrons. The van der Waals surface area contributed by atoms with Crippen molar-refractivity contribution in [2.45, 2.75) is 13.8 Å². The highest BCUT2D eigenvalue weighted by Crippen LogP contribution is 2.05. The third-order valence-electron chi connectivity index (χ3n) is 1.70. The second-order valence-electron chi connectivity index (χ2n) is 2.45. The smallest absolute Gasteiger partial charge is 0.136 e. The molecule has 0 aliphatic carbocycles. The third-order valence-corrected chi connectivity index (χ3v) is 1.70. The van der Waals surface area contributed by atoms with Crippen molar-refractivity contribution in [3.63, 3.8) is 0 Å². The Balaban J connectivity index is 2.94. The minimum absolute atomic E-state index is 0.894. The zero-order chi connectivity index (χ0) is 7.84. The lowest BCUT2D eigenvalue weighted by molar-refractivity contribution is 0.841. The van der Waals surface area contributed by atoms with Crippen molar-refractivity contribution in [2.24, 2.45) is 0 Å². The molecule has 0 amide bonds. The average Bonchev–Trinajstić information content (AvgIpc) is 2.35. The minimum Gasteiger partial charge on any atom is -0.239 e. The van der Waals surface area contributed by atoms with E-state index in [2.05, 4.69) is 15.1 Å². The normalized spacial score (nSPS) is 10.7. The summed E-state index contributed by atoms with van der Waals surface area (Å²) >= 11 is 0. The summed E-state index contributed by atoms with van der Waals surface area (Å²) in [6, 6.07) is 0. The van der Waals surface area contributed by atoms with Crippen molar-refractivity contribution in [3.8, 4) is 0 Å². The quantitative estimate of drug-likeness (QED) is 0.553. The number of nitrogens with zero attached hydrogens (tertiary/aromatic N) is 4. The molecule has 4 nitrogen and oxygen atoms in total. The van der Waals surface area contributed by atoms with Gasteiger partial charge in [-0.15, -0.1) is 0 Å². The van der Waals surface area contributed by atoms with Crippen LogP contribution >= 0.6 is 0 Å². The van der Waals surface area contributed by atoms with Crippen LogP contribution in [0.15, 0.2) is 12.5 Å². The molecule has 0 saturated heterocycles. The van der Waals surface area contributed by atoms with Crippen LogP contribution in [-0.2, 0) is 0 Å². The Labute approximate surface area is 63.9 Å². The first-order chi connectivity index (χ1) is 5.29. The van der Waals surface area contributed by atoms with Gasteiger partial charge in [0.25, 0.3) is 0 Å². The maximum atomic E-state index is 4.12. The van der Waals surface area contributed by atoms with Gasteiger partial charge >= 0.3 is 0 Å². The highest BCUT2D eigenvalue weighted by atomic mass is 15.3. The van der Waals surface area contributed by atoms with Crippen molar-refractivity contribution in [1.29, 1.82) is 0 Å². The molecule has 2 heterocycles. The van der Waals surface area contributed by atoms with Gasteiger partial charge in [-0.05, 0) is 13.8 Å². The fraction of sp³-hybridized carbons (Fsp3) is 0.286. The van der Waals surface area contributed by atoms with E-state index in [1.807, 2.05) is 13.8 Å². The molecule has 2 rings (SSSR count). The van der Waals surface area contributed by atoms with E-state index in [1.54, 1.807) is 10.7 Å². The summed E-state index contributed by atoms with van der Waals surface area (Å²) < 4.78 is 1.78. The van der Waals surface area contributed by atoms with Gasteiger partial charge in [0.1, 0.15) is 17.7 Å². The summed E-state index contributed by atoms with van der Waals surface area (Å²) in [6.45, 7) is 3.86. The number of imidazole rings is 1. The van der Waals surface area contributed by atoms with Gasteiger partial charge < -0.3 is 0 Å². The Morgan fingerprint density at radius 1 is 1.27 bits per heavy atom. The van der Waals surface area contributed by atoms with E-state index in [1.165, 1.54) is 6.33 Å². The molecule has 2 aromatic rings. The molecule has 0 fully saturated rings. The molecule has 0 atom stereocenters. The monoisotopic (exact) mass is 148 g/mol. The predicted octanol–water partition coefficient (Wildman–Crippen LogP) is 0.741. The van der Waals surface area contributed by atoms with Gasteiger partial charge in [-0.1, -0.05) is 0 Å². The van der Waals surface area contributed by atoms with Gasteiger partial charge in [0, 0.05) is 0 Å². The van der Waals surface area contributed by atoms with Gasteiger partial charge in [-0.25, -0.2) is 14.5 Å². The zero-order valence-electron chi connectivity index (χ0n) is 6.44. The summed E-state index contributed by atoms with van der Waals surface area (Å²) in [4.78, 5) is 8.17. The Morgan fingerprint density at radius 2 is 2.09 bits per heavy atom. The van der Waals surface area contributed by atoms with E-state index in [9.17, 15) is 0 Å². The molecule has 0 aliphatic rings. The lowest BCUT2D eigenvalue weighted by atomic mass is 10.4. The number of aromatic nitrogens is 4. The number of hydrogen-bond donors (Lipinski definition) is 0. The molecular weight excluding hydrogens is 140 g/mol. The van der Waals surface area contributed by atoms with Crippen molar-refractivity contribution < 1.29 is 0 Å². The van der Waals surface area contributed by atoms with E-state index in [4.69, 9.17) is 0 Å². The molecule has 2 aromatic heterocycles. The maximum Gasteiger partial charge on any atom is 0.136 e. The maximum absolute atomic E-state index is 4.12. The van der Waals surface area contributed by atoms with Gasteiger partial charge in [0.2, 0.25) is 0 Å².